The number of alkyl halides is 3. The quantitative estimate of drug-likeness (QED) is 0.791. The molecular formula is C18H22F3NO2. The Labute approximate surface area is 139 Å². The summed E-state index contributed by atoms with van der Waals surface area (Å²) in [4.78, 5) is 0. The van der Waals surface area contributed by atoms with Crippen LogP contribution in [0.25, 0.3) is 0 Å². The van der Waals surface area contributed by atoms with Gasteiger partial charge in [0.15, 0.2) is 0 Å². The molecule has 1 heterocycles. The van der Waals surface area contributed by atoms with Crippen molar-refractivity contribution in [3.8, 4) is 0 Å². The number of nitrogens with one attached hydrogen (secondary N) is 1. The van der Waals surface area contributed by atoms with Crippen LogP contribution in [0.5, 0.6) is 0 Å². The number of rotatable bonds is 7. The molecule has 132 valence electrons. The van der Waals surface area contributed by atoms with Crippen LogP contribution in [0.4, 0.5) is 13.2 Å². The van der Waals surface area contributed by atoms with Gasteiger partial charge in [0.2, 0.25) is 0 Å². The Bertz CT molecular complexity index is 652. The van der Waals surface area contributed by atoms with Crippen LogP contribution < -0.4 is 5.32 Å². The fraction of sp³-hybridized carbons (Fsp3) is 0.444. The van der Waals surface area contributed by atoms with Gasteiger partial charge in [0.25, 0.3) is 0 Å². The molecule has 0 aliphatic carbocycles. The summed E-state index contributed by atoms with van der Waals surface area (Å²) in [5.74, 6) is 1.24. The maximum atomic E-state index is 12.7. The molecule has 1 aromatic heterocycles. The second-order valence-electron chi connectivity index (χ2n) is 6.01. The average molecular weight is 341 g/mol. The summed E-state index contributed by atoms with van der Waals surface area (Å²) < 4.78 is 43.4. The number of furan rings is 1. The van der Waals surface area contributed by atoms with Crippen molar-refractivity contribution in [2.24, 2.45) is 0 Å². The van der Waals surface area contributed by atoms with Gasteiger partial charge in [-0.05, 0) is 50.5 Å². The van der Waals surface area contributed by atoms with E-state index < -0.39 is 17.8 Å². The van der Waals surface area contributed by atoms with Crippen molar-refractivity contribution in [3.63, 3.8) is 0 Å². The topological polar surface area (TPSA) is 45.4 Å². The molecule has 2 unspecified atom stereocenters. The molecule has 0 radical (unpaired) electrons. The Balaban J connectivity index is 1.80. The van der Waals surface area contributed by atoms with Crippen LogP contribution in [0.15, 0.2) is 40.8 Å². The van der Waals surface area contributed by atoms with E-state index in [0.717, 1.165) is 11.8 Å². The fourth-order valence-corrected chi connectivity index (χ4v) is 2.43. The molecule has 0 bridgehead atoms. The molecular weight excluding hydrogens is 319 g/mol. The maximum Gasteiger partial charge on any atom is 0.416 e. The minimum atomic E-state index is -4.31. The number of hydrogen-bond acceptors (Lipinski definition) is 3. The monoisotopic (exact) mass is 341 g/mol. The van der Waals surface area contributed by atoms with Gasteiger partial charge >= 0.3 is 6.18 Å². The Kier molecular flexibility index (Phi) is 6.07. The zero-order valence-corrected chi connectivity index (χ0v) is 13.7. The zero-order chi connectivity index (χ0) is 17.7. The molecule has 0 fully saturated rings. The maximum absolute atomic E-state index is 12.7. The third-order valence-corrected chi connectivity index (χ3v) is 3.87. The van der Waals surface area contributed by atoms with Crippen LogP contribution in [0.1, 0.15) is 42.1 Å². The Hall–Kier alpha value is -1.79. The van der Waals surface area contributed by atoms with Gasteiger partial charge in [-0.25, -0.2) is 0 Å². The summed E-state index contributed by atoms with van der Waals surface area (Å²) in [6.45, 7) is 4.08. The average Bonchev–Trinajstić information content (AvgIpc) is 2.96. The van der Waals surface area contributed by atoms with E-state index in [9.17, 15) is 18.3 Å². The van der Waals surface area contributed by atoms with Crippen molar-refractivity contribution in [1.29, 1.82) is 0 Å². The highest BCUT2D eigenvalue weighted by molar-refractivity contribution is 5.25. The van der Waals surface area contributed by atoms with Crippen LogP contribution in [-0.4, -0.2) is 17.7 Å². The van der Waals surface area contributed by atoms with Gasteiger partial charge in [0, 0.05) is 12.6 Å². The molecule has 24 heavy (non-hydrogen) atoms. The highest BCUT2D eigenvalue weighted by atomic mass is 19.4. The lowest BCUT2D eigenvalue weighted by Crippen LogP contribution is -2.30. The first-order chi connectivity index (χ1) is 11.3. The van der Waals surface area contributed by atoms with Crippen molar-refractivity contribution in [3.05, 3.63) is 59.0 Å². The number of hydrogen-bond donors (Lipinski definition) is 2. The van der Waals surface area contributed by atoms with Gasteiger partial charge in [0.1, 0.15) is 17.6 Å². The zero-order valence-electron chi connectivity index (χ0n) is 13.7. The lowest BCUT2D eigenvalue weighted by Gasteiger charge is -2.16. The SMILES string of the molecule is Cc1ccc(C(O)CNC(C)CCc2cccc(C(F)(F)F)c2)o1. The van der Waals surface area contributed by atoms with Gasteiger partial charge in [-0.15, -0.1) is 0 Å². The van der Waals surface area contributed by atoms with E-state index in [1.54, 1.807) is 25.1 Å². The first-order valence-electron chi connectivity index (χ1n) is 7.89. The number of aliphatic hydroxyl groups is 1. The van der Waals surface area contributed by atoms with Crippen LogP contribution >= 0.6 is 0 Å². The number of aryl methyl sites for hydroxylation is 2. The third-order valence-electron chi connectivity index (χ3n) is 3.87. The largest absolute Gasteiger partial charge is 0.464 e. The van der Waals surface area contributed by atoms with E-state index in [0.29, 0.717) is 30.7 Å². The van der Waals surface area contributed by atoms with Crippen molar-refractivity contribution in [1.82, 2.24) is 5.32 Å². The molecule has 2 atom stereocenters. The molecule has 0 aliphatic rings. The first kappa shape index (κ1) is 18.5. The summed E-state index contributed by atoms with van der Waals surface area (Å²) in [7, 11) is 0. The second-order valence-corrected chi connectivity index (χ2v) is 6.01. The van der Waals surface area contributed by atoms with Gasteiger partial charge in [-0.2, -0.15) is 13.2 Å². The lowest BCUT2D eigenvalue weighted by atomic mass is 10.0. The highest BCUT2D eigenvalue weighted by Gasteiger charge is 2.30. The van der Waals surface area contributed by atoms with Gasteiger partial charge in [0.05, 0.1) is 5.56 Å². The predicted molar refractivity (Wildman–Crippen MR) is 85.6 cm³/mol. The summed E-state index contributed by atoms with van der Waals surface area (Å²) in [6, 6.07) is 8.97. The number of benzene rings is 1. The smallest absolute Gasteiger partial charge is 0.416 e. The predicted octanol–water partition coefficient (Wildman–Crippen LogP) is 4.25. The van der Waals surface area contributed by atoms with Crippen LogP contribution in [0, 0.1) is 6.92 Å². The Morgan fingerprint density at radius 1 is 1.21 bits per heavy atom. The molecule has 1 aromatic carbocycles. The summed E-state index contributed by atoms with van der Waals surface area (Å²) >= 11 is 0. The summed E-state index contributed by atoms with van der Waals surface area (Å²) in [5, 5.41) is 13.2. The minimum Gasteiger partial charge on any atom is -0.464 e. The van der Waals surface area contributed by atoms with Crippen LogP contribution in [0.2, 0.25) is 0 Å². The second kappa shape index (κ2) is 7.85. The van der Waals surface area contributed by atoms with Crippen molar-refractivity contribution in [2.75, 3.05) is 6.54 Å². The van der Waals surface area contributed by atoms with Gasteiger partial charge in [-0.3, -0.25) is 0 Å². The number of aliphatic hydroxyl groups excluding tert-OH is 1. The summed E-state index contributed by atoms with van der Waals surface area (Å²) in [6.07, 6.45) is -3.85. The van der Waals surface area contributed by atoms with Crippen molar-refractivity contribution < 1.29 is 22.7 Å². The van der Waals surface area contributed by atoms with Crippen LogP contribution in [-0.2, 0) is 12.6 Å². The molecule has 0 saturated carbocycles. The Morgan fingerprint density at radius 2 is 1.96 bits per heavy atom. The van der Waals surface area contributed by atoms with E-state index in [4.69, 9.17) is 4.42 Å². The molecule has 0 spiro atoms. The van der Waals surface area contributed by atoms with Crippen molar-refractivity contribution >= 4 is 0 Å². The molecule has 0 aliphatic heterocycles. The van der Waals surface area contributed by atoms with Crippen molar-refractivity contribution in [2.45, 2.75) is 45.0 Å². The number of halogens is 3. The molecule has 2 aromatic rings. The minimum absolute atomic E-state index is 0.0604. The molecule has 0 saturated heterocycles. The first-order valence-corrected chi connectivity index (χ1v) is 7.89. The standard InChI is InChI=1S/C18H22F3NO2/c1-12(22-11-16(23)17-9-7-13(2)24-17)6-8-14-4-3-5-15(10-14)18(19,20)21/h3-5,7,9-10,12,16,22-23H,6,8,11H2,1-2H3. The molecule has 0 amide bonds. The Morgan fingerprint density at radius 3 is 2.58 bits per heavy atom. The third kappa shape index (κ3) is 5.39. The highest BCUT2D eigenvalue weighted by Crippen LogP contribution is 2.29. The molecule has 2 rings (SSSR count). The van der Waals surface area contributed by atoms with Gasteiger partial charge < -0.3 is 14.8 Å². The molecule has 3 nitrogen and oxygen atoms in total. The fourth-order valence-electron chi connectivity index (χ4n) is 2.43. The van der Waals surface area contributed by atoms with E-state index in [1.165, 1.54) is 12.1 Å². The lowest BCUT2D eigenvalue weighted by molar-refractivity contribution is -0.137. The van der Waals surface area contributed by atoms with E-state index in [-0.39, 0.29) is 6.04 Å². The van der Waals surface area contributed by atoms with E-state index in [2.05, 4.69) is 5.32 Å². The van der Waals surface area contributed by atoms with E-state index in [1.807, 2.05) is 6.92 Å². The summed E-state index contributed by atoms with van der Waals surface area (Å²) in [5.41, 5.74) is 0.0323. The normalized spacial score (nSPS) is 14.6. The molecule has 2 N–H and O–H groups in total. The molecule has 6 heteroatoms. The van der Waals surface area contributed by atoms with Gasteiger partial charge in [-0.1, -0.05) is 18.2 Å². The van der Waals surface area contributed by atoms with Crippen LogP contribution in [0.3, 0.4) is 0 Å². The van der Waals surface area contributed by atoms with E-state index >= 15 is 0 Å².